The second-order valence-corrected chi connectivity index (χ2v) is 8.79. The van der Waals surface area contributed by atoms with Crippen LogP contribution in [0.3, 0.4) is 0 Å². The fourth-order valence-electron chi connectivity index (χ4n) is 3.37. The molecule has 1 atom stereocenters. The third-order valence-electron chi connectivity index (χ3n) is 4.82. The van der Waals surface area contributed by atoms with E-state index in [0.29, 0.717) is 17.7 Å². The molecule has 1 saturated heterocycles. The first kappa shape index (κ1) is 17.7. The summed E-state index contributed by atoms with van der Waals surface area (Å²) in [5, 5.41) is 7.28. The maximum absolute atomic E-state index is 12.7. The van der Waals surface area contributed by atoms with Crippen LogP contribution < -0.4 is 5.32 Å². The van der Waals surface area contributed by atoms with Gasteiger partial charge in [0.2, 0.25) is 0 Å². The molecule has 1 aromatic heterocycles. The van der Waals surface area contributed by atoms with Gasteiger partial charge in [-0.1, -0.05) is 25.1 Å². The third kappa shape index (κ3) is 3.46. The van der Waals surface area contributed by atoms with E-state index in [0.717, 1.165) is 23.2 Å². The molecule has 1 N–H and O–H groups in total. The fraction of sp³-hybridized carbons (Fsp3) is 0.444. The Labute approximate surface area is 148 Å². The standard InChI is InChI=1S/C18H23N3O3S/c1-4-14-7-5-6-12(2)17(14)20-18(22)16-10-19-21(13(16)3)15-8-9-25(23,24)11-15/h5-7,10,15H,4,8-9,11H2,1-3H3,(H,20,22). The van der Waals surface area contributed by atoms with Crippen LogP contribution in [-0.2, 0) is 16.3 Å². The largest absolute Gasteiger partial charge is 0.321 e. The average molecular weight is 361 g/mol. The molecular formula is C18H23N3O3S. The molecule has 7 heteroatoms. The van der Waals surface area contributed by atoms with Gasteiger partial charge in [-0.05, 0) is 37.8 Å². The maximum Gasteiger partial charge on any atom is 0.259 e. The molecule has 1 aromatic carbocycles. The van der Waals surface area contributed by atoms with Crippen molar-refractivity contribution in [3.05, 3.63) is 46.8 Å². The number of nitrogens with one attached hydrogen (secondary N) is 1. The number of aromatic nitrogens is 2. The van der Waals surface area contributed by atoms with E-state index < -0.39 is 9.84 Å². The lowest BCUT2D eigenvalue weighted by Crippen LogP contribution is -2.17. The summed E-state index contributed by atoms with van der Waals surface area (Å²) in [6.45, 7) is 5.83. The van der Waals surface area contributed by atoms with Crippen molar-refractivity contribution in [3.8, 4) is 0 Å². The Bertz CT molecular complexity index is 916. The minimum Gasteiger partial charge on any atom is -0.321 e. The highest BCUT2D eigenvalue weighted by Gasteiger charge is 2.31. The zero-order chi connectivity index (χ0) is 18.2. The van der Waals surface area contributed by atoms with Crippen LogP contribution in [0.4, 0.5) is 5.69 Å². The van der Waals surface area contributed by atoms with E-state index in [4.69, 9.17) is 0 Å². The van der Waals surface area contributed by atoms with E-state index in [1.54, 1.807) is 4.68 Å². The maximum atomic E-state index is 12.7. The molecule has 0 spiro atoms. The van der Waals surface area contributed by atoms with Crippen LogP contribution >= 0.6 is 0 Å². The van der Waals surface area contributed by atoms with Crippen molar-refractivity contribution in [2.45, 2.75) is 39.7 Å². The van der Waals surface area contributed by atoms with Crippen LogP contribution in [0.25, 0.3) is 0 Å². The second kappa shape index (κ2) is 6.63. The Kier molecular flexibility index (Phi) is 4.69. The summed E-state index contributed by atoms with van der Waals surface area (Å²) in [7, 11) is -3.00. The summed E-state index contributed by atoms with van der Waals surface area (Å²) in [5.74, 6) is 0.0595. The van der Waals surface area contributed by atoms with Gasteiger partial charge >= 0.3 is 0 Å². The Morgan fingerprint density at radius 3 is 2.76 bits per heavy atom. The van der Waals surface area contributed by atoms with Crippen molar-refractivity contribution in [1.82, 2.24) is 9.78 Å². The second-order valence-electron chi connectivity index (χ2n) is 6.56. The average Bonchev–Trinajstić information content (AvgIpc) is 3.11. The highest BCUT2D eigenvalue weighted by atomic mass is 32.2. The number of rotatable bonds is 4. The summed E-state index contributed by atoms with van der Waals surface area (Å²) < 4.78 is 25.1. The number of benzene rings is 1. The number of amides is 1. The van der Waals surface area contributed by atoms with E-state index in [2.05, 4.69) is 10.4 Å². The smallest absolute Gasteiger partial charge is 0.259 e. The summed E-state index contributed by atoms with van der Waals surface area (Å²) in [4.78, 5) is 12.7. The monoisotopic (exact) mass is 361 g/mol. The lowest BCUT2D eigenvalue weighted by Gasteiger charge is -2.14. The van der Waals surface area contributed by atoms with Gasteiger partial charge in [0, 0.05) is 11.4 Å². The molecule has 3 rings (SSSR count). The molecule has 0 bridgehead atoms. The van der Waals surface area contributed by atoms with Gasteiger partial charge in [0.15, 0.2) is 9.84 Å². The molecule has 2 aromatic rings. The summed E-state index contributed by atoms with van der Waals surface area (Å²) in [6, 6.07) is 5.76. The molecule has 1 fully saturated rings. The number of hydrogen-bond donors (Lipinski definition) is 1. The van der Waals surface area contributed by atoms with Crippen molar-refractivity contribution in [1.29, 1.82) is 0 Å². The van der Waals surface area contributed by atoms with Crippen molar-refractivity contribution < 1.29 is 13.2 Å². The molecule has 0 saturated carbocycles. The third-order valence-corrected chi connectivity index (χ3v) is 6.57. The van der Waals surface area contributed by atoms with Crippen LogP contribution in [0.5, 0.6) is 0 Å². The van der Waals surface area contributed by atoms with Crippen molar-refractivity contribution >= 4 is 21.4 Å². The Hall–Kier alpha value is -2.15. The highest BCUT2D eigenvalue weighted by Crippen LogP contribution is 2.26. The minimum absolute atomic E-state index is 0.0916. The van der Waals surface area contributed by atoms with Crippen LogP contribution in [0.1, 0.15) is 46.6 Å². The quantitative estimate of drug-likeness (QED) is 0.908. The number of hydrogen-bond acceptors (Lipinski definition) is 4. The van der Waals surface area contributed by atoms with Crippen molar-refractivity contribution in [2.24, 2.45) is 0 Å². The van der Waals surface area contributed by atoms with Gasteiger partial charge in [-0.2, -0.15) is 5.10 Å². The predicted octanol–water partition coefficient (Wildman–Crippen LogP) is 2.67. The summed E-state index contributed by atoms with van der Waals surface area (Å²) in [5.41, 5.74) is 4.12. The van der Waals surface area contributed by atoms with Crippen LogP contribution in [0, 0.1) is 13.8 Å². The molecule has 2 heterocycles. The van der Waals surface area contributed by atoms with Crippen molar-refractivity contribution in [3.63, 3.8) is 0 Å². The lowest BCUT2D eigenvalue weighted by atomic mass is 10.1. The molecule has 134 valence electrons. The Morgan fingerprint density at radius 1 is 1.36 bits per heavy atom. The first-order valence-electron chi connectivity index (χ1n) is 8.46. The molecule has 1 aliphatic rings. The van der Waals surface area contributed by atoms with Crippen LogP contribution in [0.15, 0.2) is 24.4 Å². The van der Waals surface area contributed by atoms with Gasteiger partial charge in [0.05, 0.1) is 29.3 Å². The lowest BCUT2D eigenvalue weighted by molar-refractivity contribution is 0.102. The number of carbonyl (C=O) groups is 1. The minimum atomic E-state index is -3.00. The molecule has 1 aliphatic heterocycles. The van der Waals surface area contributed by atoms with E-state index in [9.17, 15) is 13.2 Å². The fourth-order valence-corrected chi connectivity index (χ4v) is 5.06. The molecular weight excluding hydrogens is 338 g/mol. The molecule has 25 heavy (non-hydrogen) atoms. The first-order valence-corrected chi connectivity index (χ1v) is 10.3. The normalized spacial score (nSPS) is 19.1. The molecule has 1 unspecified atom stereocenters. The molecule has 0 aliphatic carbocycles. The number of aryl methyl sites for hydroxylation is 2. The van der Waals surface area contributed by atoms with Gasteiger partial charge in [-0.3, -0.25) is 9.48 Å². The van der Waals surface area contributed by atoms with Crippen LogP contribution in [-0.4, -0.2) is 35.6 Å². The molecule has 6 nitrogen and oxygen atoms in total. The van der Waals surface area contributed by atoms with Gasteiger partial charge in [-0.15, -0.1) is 0 Å². The topological polar surface area (TPSA) is 81.1 Å². The number of anilines is 1. The van der Waals surface area contributed by atoms with Gasteiger partial charge in [-0.25, -0.2) is 8.42 Å². The highest BCUT2D eigenvalue weighted by molar-refractivity contribution is 7.91. The number of carbonyl (C=O) groups excluding carboxylic acids is 1. The van der Waals surface area contributed by atoms with E-state index >= 15 is 0 Å². The van der Waals surface area contributed by atoms with Gasteiger partial charge < -0.3 is 5.32 Å². The Balaban J connectivity index is 1.85. The van der Waals surface area contributed by atoms with E-state index in [1.165, 1.54) is 6.20 Å². The first-order chi connectivity index (χ1) is 11.8. The van der Waals surface area contributed by atoms with E-state index in [1.807, 2.05) is 39.0 Å². The number of para-hydroxylation sites is 1. The molecule has 0 radical (unpaired) electrons. The SMILES string of the molecule is CCc1cccc(C)c1NC(=O)c1cnn(C2CCS(=O)(=O)C2)c1C. The van der Waals surface area contributed by atoms with Gasteiger partial charge in [0.25, 0.3) is 5.91 Å². The number of nitrogens with zero attached hydrogens (tertiary/aromatic N) is 2. The van der Waals surface area contributed by atoms with Gasteiger partial charge in [0.1, 0.15) is 0 Å². The summed E-state index contributed by atoms with van der Waals surface area (Å²) in [6.07, 6.45) is 2.90. The van der Waals surface area contributed by atoms with E-state index in [-0.39, 0.29) is 23.5 Å². The van der Waals surface area contributed by atoms with Crippen LogP contribution in [0.2, 0.25) is 0 Å². The zero-order valence-corrected chi connectivity index (χ0v) is 15.6. The Morgan fingerprint density at radius 2 is 2.12 bits per heavy atom. The summed E-state index contributed by atoms with van der Waals surface area (Å²) >= 11 is 0. The number of sulfone groups is 1. The zero-order valence-electron chi connectivity index (χ0n) is 14.7. The van der Waals surface area contributed by atoms with Crippen molar-refractivity contribution in [2.75, 3.05) is 16.8 Å². The molecule has 1 amide bonds. The predicted molar refractivity (Wildman–Crippen MR) is 97.8 cm³/mol.